The third-order valence-electron chi connectivity index (χ3n) is 4.41. The average Bonchev–Trinajstić information content (AvgIpc) is 2.63. The predicted octanol–water partition coefficient (Wildman–Crippen LogP) is 3.90. The first kappa shape index (κ1) is 18.0. The molecule has 6 heteroatoms. The molecule has 1 aliphatic rings. The molecule has 0 bridgehead atoms. The number of halogens is 2. The number of hydrogen-bond donors (Lipinski definition) is 1. The Morgan fingerprint density at radius 2 is 2.08 bits per heavy atom. The average molecular weight is 365 g/mol. The number of nitrogens with zero attached hydrogens (tertiary/aromatic N) is 1. The van der Waals surface area contributed by atoms with Crippen LogP contribution in [0.2, 0.25) is 5.02 Å². The summed E-state index contributed by atoms with van der Waals surface area (Å²) in [6.07, 6.45) is -0.120. The highest BCUT2D eigenvalue weighted by molar-refractivity contribution is 6.30. The van der Waals surface area contributed by atoms with Gasteiger partial charge in [-0.15, -0.1) is 0 Å². The second-order valence-electron chi connectivity index (χ2n) is 6.26. The van der Waals surface area contributed by atoms with Crippen molar-refractivity contribution in [1.29, 1.82) is 0 Å². The molecule has 3 rings (SSSR count). The normalized spacial score (nSPS) is 19.6. The zero-order valence-corrected chi connectivity index (χ0v) is 14.9. The van der Waals surface area contributed by atoms with Gasteiger partial charge in [-0.3, -0.25) is 4.90 Å². The molecule has 1 aliphatic heterocycles. The van der Waals surface area contributed by atoms with Crippen molar-refractivity contribution in [3.8, 4) is 5.75 Å². The summed E-state index contributed by atoms with van der Waals surface area (Å²) in [5.74, 6) is 0.388. The molecule has 4 nitrogen and oxygen atoms in total. The Morgan fingerprint density at radius 3 is 2.80 bits per heavy atom. The van der Waals surface area contributed by atoms with Crippen molar-refractivity contribution in [2.75, 3.05) is 32.0 Å². The largest absolute Gasteiger partial charge is 0.492 e. The molecule has 2 N–H and O–H groups in total. The van der Waals surface area contributed by atoms with Gasteiger partial charge in [0.1, 0.15) is 18.2 Å². The molecule has 0 spiro atoms. The molecule has 0 aromatic heterocycles. The second-order valence-corrected chi connectivity index (χ2v) is 6.66. The molecule has 1 heterocycles. The highest BCUT2D eigenvalue weighted by Crippen LogP contribution is 2.27. The number of nitrogen functional groups attached to an aromatic ring is 1. The zero-order valence-electron chi connectivity index (χ0n) is 14.1. The van der Waals surface area contributed by atoms with Crippen molar-refractivity contribution in [2.45, 2.75) is 19.1 Å². The molecule has 1 fully saturated rings. The van der Waals surface area contributed by atoms with E-state index in [1.807, 2.05) is 24.3 Å². The van der Waals surface area contributed by atoms with Crippen LogP contribution in [0.5, 0.6) is 5.75 Å². The van der Waals surface area contributed by atoms with Crippen molar-refractivity contribution >= 4 is 17.3 Å². The Hall–Kier alpha value is -1.82. The van der Waals surface area contributed by atoms with Crippen molar-refractivity contribution in [3.05, 3.63) is 58.9 Å². The van der Waals surface area contributed by atoms with Crippen LogP contribution in [0.3, 0.4) is 0 Å². The second kappa shape index (κ2) is 8.04. The first-order chi connectivity index (χ1) is 12.0. The number of morpholine rings is 1. The first-order valence-electron chi connectivity index (χ1n) is 8.32. The third-order valence-corrected chi connectivity index (χ3v) is 4.70. The number of benzene rings is 2. The molecule has 134 valence electrons. The van der Waals surface area contributed by atoms with Gasteiger partial charge < -0.3 is 15.2 Å². The van der Waals surface area contributed by atoms with E-state index in [9.17, 15) is 4.39 Å². The zero-order chi connectivity index (χ0) is 17.8. The standard InChI is InChI=1S/C19H22ClFN2O2/c1-13(12-25-16-5-3-15(22)4-6-16)23-8-9-24-19(11-23)14-2-7-18(21)17(20)10-14/h2-7,10,13,19H,8-9,11-12,22H2,1H3. The SMILES string of the molecule is CC(COc1ccc(N)cc1)N1CCOC(c2ccc(F)c(Cl)c2)C1. The molecule has 2 unspecified atom stereocenters. The van der Waals surface area contributed by atoms with E-state index in [4.69, 9.17) is 26.8 Å². The fourth-order valence-corrected chi connectivity index (χ4v) is 3.06. The van der Waals surface area contributed by atoms with Crippen LogP contribution in [0.4, 0.5) is 10.1 Å². The molecule has 0 amide bonds. The maximum atomic E-state index is 13.3. The lowest BCUT2D eigenvalue weighted by molar-refractivity contribution is -0.0478. The van der Waals surface area contributed by atoms with E-state index in [1.54, 1.807) is 12.1 Å². The molecule has 2 atom stereocenters. The van der Waals surface area contributed by atoms with Crippen molar-refractivity contribution in [2.24, 2.45) is 0 Å². The van der Waals surface area contributed by atoms with E-state index < -0.39 is 5.82 Å². The molecular weight excluding hydrogens is 343 g/mol. The Balaban J connectivity index is 1.58. The number of hydrogen-bond acceptors (Lipinski definition) is 4. The Bertz CT molecular complexity index is 711. The summed E-state index contributed by atoms with van der Waals surface area (Å²) >= 11 is 5.89. The first-order valence-corrected chi connectivity index (χ1v) is 8.69. The van der Waals surface area contributed by atoms with Crippen molar-refractivity contribution in [3.63, 3.8) is 0 Å². The fraction of sp³-hybridized carbons (Fsp3) is 0.368. The molecular formula is C19H22ClFN2O2. The van der Waals surface area contributed by atoms with Crippen LogP contribution in [0, 0.1) is 5.82 Å². The number of nitrogens with two attached hydrogens (primary N) is 1. The minimum Gasteiger partial charge on any atom is -0.492 e. The van der Waals surface area contributed by atoms with E-state index in [2.05, 4.69) is 11.8 Å². The van der Waals surface area contributed by atoms with Gasteiger partial charge in [-0.05, 0) is 48.9 Å². The maximum Gasteiger partial charge on any atom is 0.141 e. The van der Waals surface area contributed by atoms with Gasteiger partial charge in [0, 0.05) is 24.8 Å². The van der Waals surface area contributed by atoms with Crippen LogP contribution in [0.15, 0.2) is 42.5 Å². The number of ether oxygens (including phenoxy) is 2. The van der Waals surface area contributed by atoms with Crippen LogP contribution in [-0.4, -0.2) is 37.2 Å². The van der Waals surface area contributed by atoms with Crippen LogP contribution >= 0.6 is 11.6 Å². The monoisotopic (exact) mass is 364 g/mol. The van der Waals surface area contributed by atoms with Crippen LogP contribution in [-0.2, 0) is 4.74 Å². The summed E-state index contributed by atoms with van der Waals surface area (Å²) in [6, 6.07) is 12.3. The number of anilines is 1. The lowest BCUT2D eigenvalue weighted by Crippen LogP contribution is -2.45. The van der Waals surface area contributed by atoms with E-state index >= 15 is 0 Å². The van der Waals surface area contributed by atoms with E-state index in [1.165, 1.54) is 6.07 Å². The molecule has 25 heavy (non-hydrogen) atoms. The molecule has 2 aromatic carbocycles. The summed E-state index contributed by atoms with van der Waals surface area (Å²) in [6.45, 7) is 4.86. The Labute approximate surface area is 152 Å². The van der Waals surface area contributed by atoms with Gasteiger partial charge in [0.2, 0.25) is 0 Å². The molecule has 0 aliphatic carbocycles. The van der Waals surface area contributed by atoms with Gasteiger partial charge in [0.25, 0.3) is 0 Å². The summed E-state index contributed by atoms with van der Waals surface area (Å²) in [4.78, 5) is 2.31. The predicted molar refractivity (Wildman–Crippen MR) is 97.5 cm³/mol. The van der Waals surface area contributed by atoms with E-state index in [-0.39, 0.29) is 17.2 Å². The fourth-order valence-electron chi connectivity index (χ4n) is 2.87. The van der Waals surface area contributed by atoms with Crippen LogP contribution in [0.25, 0.3) is 0 Å². The van der Waals surface area contributed by atoms with Crippen LogP contribution in [0.1, 0.15) is 18.6 Å². The van der Waals surface area contributed by atoms with Crippen molar-refractivity contribution < 1.29 is 13.9 Å². The minimum absolute atomic E-state index is 0.120. The Kier molecular flexibility index (Phi) is 5.78. The third kappa shape index (κ3) is 4.63. The van der Waals surface area contributed by atoms with Gasteiger partial charge in [0.05, 0.1) is 17.7 Å². The topological polar surface area (TPSA) is 47.7 Å². The quantitative estimate of drug-likeness (QED) is 0.817. The smallest absolute Gasteiger partial charge is 0.141 e. The van der Waals surface area contributed by atoms with Crippen molar-refractivity contribution in [1.82, 2.24) is 4.90 Å². The summed E-state index contributed by atoms with van der Waals surface area (Å²) in [7, 11) is 0. The summed E-state index contributed by atoms with van der Waals surface area (Å²) in [5, 5.41) is 0.123. The molecule has 0 radical (unpaired) electrons. The molecule has 1 saturated heterocycles. The minimum atomic E-state index is -0.414. The molecule has 0 saturated carbocycles. The lowest BCUT2D eigenvalue weighted by atomic mass is 10.1. The van der Waals surface area contributed by atoms with E-state index in [0.29, 0.717) is 19.8 Å². The highest BCUT2D eigenvalue weighted by atomic mass is 35.5. The van der Waals surface area contributed by atoms with Gasteiger partial charge in [-0.2, -0.15) is 0 Å². The maximum absolute atomic E-state index is 13.3. The Morgan fingerprint density at radius 1 is 1.32 bits per heavy atom. The van der Waals surface area contributed by atoms with E-state index in [0.717, 1.165) is 23.5 Å². The van der Waals surface area contributed by atoms with Gasteiger partial charge in [-0.1, -0.05) is 17.7 Å². The molecule has 2 aromatic rings. The van der Waals surface area contributed by atoms with Gasteiger partial charge in [0.15, 0.2) is 0 Å². The summed E-state index contributed by atoms with van der Waals surface area (Å²) in [5.41, 5.74) is 7.29. The highest BCUT2D eigenvalue weighted by Gasteiger charge is 2.26. The van der Waals surface area contributed by atoms with Gasteiger partial charge in [-0.25, -0.2) is 4.39 Å². The number of rotatable bonds is 5. The lowest BCUT2D eigenvalue weighted by Gasteiger charge is -2.37. The van der Waals surface area contributed by atoms with Crippen LogP contribution < -0.4 is 10.5 Å². The summed E-state index contributed by atoms with van der Waals surface area (Å²) < 4.78 is 25.0. The van der Waals surface area contributed by atoms with Gasteiger partial charge >= 0.3 is 0 Å².